The van der Waals surface area contributed by atoms with E-state index in [-0.39, 0.29) is 11.5 Å². The molecule has 2 heterocycles. The molecule has 9 heteroatoms. The summed E-state index contributed by atoms with van der Waals surface area (Å²) in [5.74, 6) is 0.503. The van der Waals surface area contributed by atoms with Crippen LogP contribution in [0.25, 0.3) is 22.4 Å². The van der Waals surface area contributed by atoms with Crippen LogP contribution in [-0.2, 0) is 6.54 Å². The highest BCUT2D eigenvalue weighted by Gasteiger charge is 2.24. The Morgan fingerprint density at radius 2 is 1.80 bits per heavy atom. The number of fused-ring (bicyclic) bond motifs is 1. The van der Waals surface area contributed by atoms with Gasteiger partial charge in [-0.25, -0.2) is 4.68 Å². The second kappa shape index (κ2) is 9.22. The topological polar surface area (TPSA) is 112 Å². The van der Waals surface area contributed by atoms with Crippen LogP contribution in [0.4, 0.5) is 5.69 Å². The van der Waals surface area contributed by atoms with Gasteiger partial charge in [-0.15, -0.1) is 5.10 Å². The Labute approximate surface area is 200 Å². The van der Waals surface area contributed by atoms with E-state index in [1.165, 1.54) is 0 Å². The van der Waals surface area contributed by atoms with Crippen molar-refractivity contribution in [3.05, 3.63) is 89.7 Å². The summed E-state index contributed by atoms with van der Waals surface area (Å²) < 4.78 is 12.7. The lowest BCUT2D eigenvalue weighted by molar-refractivity contribution is 0.101. The number of nitrogens with one attached hydrogen (secondary N) is 1. The molecule has 5 aromatic rings. The van der Waals surface area contributed by atoms with Gasteiger partial charge in [-0.3, -0.25) is 9.59 Å². The summed E-state index contributed by atoms with van der Waals surface area (Å²) in [4.78, 5) is 26.6. The van der Waals surface area contributed by atoms with E-state index in [1.54, 1.807) is 72.5 Å². The summed E-state index contributed by atoms with van der Waals surface area (Å²) in [6, 6.07) is 20.9. The van der Waals surface area contributed by atoms with Gasteiger partial charge in [0.15, 0.2) is 11.6 Å². The van der Waals surface area contributed by atoms with Crippen LogP contribution in [0.3, 0.4) is 0 Å². The summed E-state index contributed by atoms with van der Waals surface area (Å²) in [5.41, 5.74) is 2.32. The lowest BCUT2D eigenvalue weighted by atomic mass is 10.1. The van der Waals surface area contributed by atoms with E-state index in [9.17, 15) is 9.59 Å². The molecule has 0 saturated heterocycles. The number of nitrogens with zero attached hydrogens (tertiary/aromatic N) is 4. The zero-order valence-corrected chi connectivity index (χ0v) is 19.1. The smallest absolute Gasteiger partial charge is 0.255 e. The number of carbonyl (C=O) groups is 2. The van der Waals surface area contributed by atoms with Gasteiger partial charge < -0.3 is 14.5 Å². The van der Waals surface area contributed by atoms with Crippen molar-refractivity contribution >= 4 is 28.3 Å². The quantitative estimate of drug-likeness (QED) is 0.348. The molecular weight excluding hydrogens is 446 g/mol. The number of hydrogen-bond donors (Lipinski definition) is 1. The third kappa shape index (κ3) is 4.15. The predicted molar refractivity (Wildman–Crippen MR) is 130 cm³/mol. The standard InChI is InChI=1S/C26H21N5O4/c1-3-31-25(28-29-30-31)17-7-6-8-18(15-17)26(33)27-22-20-9-4-5-10-21(20)35-24(22)23(32)16-11-13-19(34-2)14-12-16/h4-15H,3H2,1-2H3,(H,27,33). The molecule has 0 saturated carbocycles. The molecule has 35 heavy (non-hydrogen) atoms. The number of benzene rings is 3. The van der Waals surface area contributed by atoms with E-state index in [2.05, 4.69) is 20.8 Å². The fourth-order valence-electron chi connectivity index (χ4n) is 3.81. The average Bonchev–Trinajstić information content (AvgIpc) is 3.53. The number of tetrazole rings is 1. The summed E-state index contributed by atoms with van der Waals surface area (Å²) in [6.07, 6.45) is 0. The van der Waals surface area contributed by atoms with Crippen molar-refractivity contribution in [2.24, 2.45) is 0 Å². The lowest BCUT2D eigenvalue weighted by Gasteiger charge is -2.08. The number of hydrogen-bond acceptors (Lipinski definition) is 7. The molecule has 5 rings (SSSR count). The minimum Gasteiger partial charge on any atom is -0.497 e. The molecule has 2 aromatic heterocycles. The number of aryl methyl sites for hydroxylation is 1. The van der Waals surface area contributed by atoms with Crippen LogP contribution < -0.4 is 10.1 Å². The van der Waals surface area contributed by atoms with Crippen LogP contribution in [0, 0.1) is 0 Å². The highest BCUT2D eigenvalue weighted by molar-refractivity contribution is 6.19. The van der Waals surface area contributed by atoms with Crippen molar-refractivity contribution < 1.29 is 18.7 Å². The van der Waals surface area contributed by atoms with Gasteiger partial charge in [-0.2, -0.15) is 0 Å². The number of ketones is 1. The predicted octanol–water partition coefficient (Wildman–Crippen LogP) is 4.60. The van der Waals surface area contributed by atoms with Crippen molar-refractivity contribution in [1.82, 2.24) is 20.2 Å². The largest absolute Gasteiger partial charge is 0.497 e. The molecule has 174 valence electrons. The monoisotopic (exact) mass is 467 g/mol. The zero-order valence-electron chi connectivity index (χ0n) is 19.1. The minimum absolute atomic E-state index is 0.0517. The van der Waals surface area contributed by atoms with Crippen molar-refractivity contribution in [3.63, 3.8) is 0 Å². The molecule has 1 N–H and O–H groups in total. The van der Waals surface area contributed by atoms with Crippen molar-refractivity contribution in [1.29, 1.82) is 0 Å². The molecule has 0 aliphatic rings. The van der Waals surface area contributed by atoms with Gasteiger partial charge in [0.25, 0.3) is 5.91 Å². The normalized spacial score (nSPS) is 10.9. The van der Waals surface area contributed by atoms with E-state index in [4.69, 9.17) is 9.15 Å². The molecule has 0 spiro atoms. The molecule has 0 aliphatic heterocycles. The summed E-state index contributed by atoms with van der Waals surface area (Å²) >= 11 is 0. The zero-order chi connectivity index (χ0) is 24.4. The van der Waals surface area contributed by atoms with Crippen molar-refractivity contribution in [2.45, 2.75) is 13.5 Å². The van der Waals surface area contributed by atoms with E-state index in [0.717, 1.165) is 0 Å². The molecule has 3 aromatic carbocycles. The Kier molecular flexibility index (Phi) is 5.80. The Hall–Kier alpha value is -4.79. The summed E-state index contributed by atoms with van der Waals surface area (Å²) in [7, 11) is 1.56. The fraction of sp³-hybridized carbons (Fsp3) is 0.115. The first-order chi connectivity index (χ1) is 17.1. The molecule has 0 atom stereocenters. The van der Waals surface area contributed by atoms with Gasteiger partial charge in [0.05, 0.1) is 12.8 Å². The summed E-state index contributed by atoms with van der Waals surface area (Å²) in [6.45, 7) is 2.53. The van der Waals surface area contributed by atoms with Crippen molar-refractivity contribution in [3.8, 4) is 17.1 Å². The Morgan fingerprint density at radius 1 is 1.00 bits per heavy atom. The number of anilines is 1. The molecule has 9 nitrogen and oxygen atoms in total. The lowest BCUT2D eigenvalue weighted by Crippen LogP contribution is -2.14. The van der Waals surface area contributed by atoms with Gasteiger partial charge in [0, 0.05) is 28.6 Å². The summed E-state index contributed by atoms with van der Waals surface area (Å²) in [5, 5.41) is 15.2. The molecule has 0 aliphatic carbocycles. The molecule has 0 radical (unpaired) electrons. The third-order valence-corrected chi connectivity index (χ3v) is 5.61. The van der Waals surface area contributed by atoms with Crippen LogP contribution in [-0.4, -0.2) is 39.0 Å². The number of amides is 1. The fourth-order valence-corrected chi connectivity index (χ4v) is 3.81. The van der Waals surface area contributed by atoms with Gasteiger partial charge >= 0.3 is 0 Å². The van der Waals surface area contributed by atoms with Gasteiger partial charge in [0.2, 0.25) is 5.78 Å². The second-order valence-corrected chi connectivity index (χ2v) is 7.71. The number of aromatic nitrogens is 4. The van der Waals surface area contributed by atoms with Crippen molar-refractivity contribution in [2.75, 3.05) is 12.4 Å². The van der Waals surface area contributed by atoms with Crippen LogP contribution in [0.1, 0.15) is 33.4 Å². The van der Waals surface area contributed by atoms with Crippen LogP contribution >= 0.6 is 0 Å². The van der Waals surface area contributed by atoms with E-state index in [0.29, 0.717) is 51.5 Å². The molecule has 0 fully saturated rings. The maximum absolute atomic E-state index is 13.3. The Bertz CT molecular complexity index is 1540. The van der Waals surface area contributed by atoms with E-state index < -0.39 is 5.91 Å². The number of methoxy groups -OCH3 is 1. The van der Waals surface area contributed by atoms with E-state index in [1.807, 2.05) is 19.1 Å². The highest BCUT2D eigenvalue weighted by Crippen LogP contribution is 2.33. The Balaban J connectivity index is 1.51. The van der Waals surface area contributed by atoms with Crippen LogP contribution in [0.5, 0.6) is 5.75 Å². The molecule has 0 unspecified atom stereocenters. The maximum Gasteiger partial charge on any atom is 0.255 e. The van der Waals surface area contributed by atoms with Gasteiger partial charge in [0.1, 0.15) is 11.3 Å². The number of carbonyl (C=O) groups excluding carboxylic acids is 2. The number of para-hydroxylation sites is 1. The second-order valence-electron chi connectivity index (χ2n) is 7.71. The highest BCUT2D eigenvalue weighted by atomic mass is 16.5. The van der Waals surface area contributed by atoms with Gasteiger partial charge in [-0.05, 0) is 65.9 Å². The molecule has 1 amide bonds. The first-order valence-corrected chi connectivity index (χ1v) is 11.0. The average molecular weight is 467 g/mol. The minimum atomic E-state index is -0.391. The number of furan rings is 1. The SMILES string of the molecule is CCn1nnnc1-c1cccc(C(=O)Nc2c(C(=O)c3ccc(OC)cc3)oc3ccccc23)c1. The number of rotatable bonds is 7. The number of ether oxygens (including phenoxy) is 1. The first kappa shape index (κ1) is 22.0. The maximum atomic E-state index is 13.3. The van der Waals surface area contributed by atoms with Gasteiger partial charge in [-0.1, -0.05) is 24.3 Å². The van der Waals surface area contributed by atoms with Crippen LogP contribution in [0.2, 0.25) is 0 Å². The van der Waals surface area contributed by atoms with Crippen LogP contribution in [0.15, 0.2) is 77.2 Å². The Morgan fingerprint density at radius 3 is 2.57 bits per heavy atom. The molecule has 0 bridgehead atoms. The van der Waals surface area contributed by atoms with E-state index >= 15 is 0 Å². The third-order valence-electron chi connectivity index (χ3n) is 5.61. The first-order valence-electron chi connectivity index (χ1n) is 11.0. The molecular formula is C26H21N5O4.